The van der Waals surface area contributed by atoms with E-state index in [1.165, 1.54) is 295 Å². The predicted molar refractivity (Wildman–Crippen MR) is 321 cm³/mol. The number of aliphatic hydroxyl groups excluding tert-OH is 4. The van der Waals surface area contributed by atoms with E-state index in [-0.39, 0.29) is 0 Å². The molecule has 4 unspecified atom stereocenters. The number of aliphatic hydroxyl groups is 4. The van der Waals surface area contributed by atoms with Crippen molar-refractivity contribution >= 4 is 5.91 Å². The van der Waals surface area contributed by atoms with Crippen LogP contribution in [0.25, 0.3) is 0 Å². The molecule has 0 aliphatic carbocycles. The first-order valence-electron chi connectivity index (χ1n) is 33.2. The van der Waals surface area contributed by atoms with Gasteiger partial charge < -0.3 is 25.7 Å². The summed E-state index contributed by atoms with van der Waals surface area (Å²) in [6.45, 7) is 4.09. The Hall–Kier alpha value is -1.21. The van der Waals surface area contributed by atoms with Crippen molar-refractivity contribution in [2.24, 2.45) is 0 Å². The molecule has 0 saturated heterocycles. The molecule has 0 aliphatic rings. The van der Waals surface area contributed by atoms with Crippen LogP contribution in [0.5, 0.6) is 0 Å². The normalized spacial score (nSPS) is 13.7. The third kappa shape index (κ3) is 55.4. The molecule has 0 aromatic heterocycles. The van der Waals surface area contributed by atoms with E-state index in [1.807, 2.05) is 0 Å². The van der Waals surface area contributed by atoms with Gasteiger partial charge in [0.15, 0.2) is 0 Å². The molecule has 5 N–H and O–H groups in total. The van der Waals surface area contributed by atoms with Crippen LogP contribution in [0.15, 0.2) is 24.3 Å². The maximum atomic E-state index is 12.6. The van der Waals surface area contributed by atoms with Gasteiger partial charge in [0.2, 0.25) is 5.91 Å². The Morgan fingerprint density at radius 3 is 0.863 bits per heavy atom. The third-order valence-electron chi connectivity index (χ3n) is 15.9. The summed E-state index contributed by atoms with van der Waals surface area (Å²) < 4.78 is 0. The molecule has 73 heavy (non-hydrogen) atoms. The number of nitrogens with one attached hydrogen (secondary N) is 1. The van der Waals surface area contributed by atoms with Crippen LogP contribution in [-0.4, -0.2) is 57.3 Å². The van der Waals surface area contributed by atoms with Crippen LogP contribution in [0.4, 0.5) is 0 Å². The Morgan fingerprint density at radius 2 is 0.575 bits per heavy atom. The minimum atomic E-state index is -1.29. The fourth-order valence-corrected chi connectivity index (χ4v) is 10.7. The predicted octanol–water partition coefficient (Wildman–Crippen LogP) is 20.2. The molecule has 0 rings (SSSR count). The Bertz CT molecular complexity index is 1110. The SMILES string of the molecule is CCCCCCCCCCCCCC/C=C/CC/C=C/CCCC(O)C(O)C(CO)NC(=O)C(O)CCCCCCCCCCCCCCCCCCCCCCCCCCCCCCCCCCCCCC. The molecule has 0 radical (unpaired) electrons. The van der Waals surface area contributed by atoms with Gasteiger partial charge in [0.25, 0.3) is 0 Å². The van der Waals surface area contributed by atoms with E-state index < -0.39 is 36.9 Å². The molecule has 0 heterocycles. The summed E-state index contributed by atoms with van der Waals surface area (Å²) >= 11 is 0. The largest absolute Gasteiger partial charge is 0.394 e. The van der Waals surface area contributed by atoms with Crippen LogP contribution in [0.3, 0.4) is 0 Å². The highest BCUT2D eigenvalue weighted by Crippen LogP contribution is 2.19. The first-order chi connectivity index (χ1) is 36.0. The second kappa shape index (κ2) is 61.6. The maximum Gasteiger partial charge on any atom is 0.249 e. The van der Waals surface area contributed by atoms with Gasteiger partial charge in [-0.05, 0) is 51.4 Å². The van der Waals surface area contributed by atoms with Gasteiger partial charge >= 0.3 is 0 Å². The van der Waals surface area contributed by atoms with Crippen molar-refractivity contribution in [1.29, 1.82) is 0 Å². The van der Waals surface area contributed by atoms with Crippen LogP contribution >= 0.6 is 0 Å². The quantitative estimate of drug-likeness (QED) is 0.0308. The van der Waals surface area contributed by atoms with Crippen LogP contribution in [0, 0.1) is 0 Å². The average molecular weight is 1030 g/mol. The molecular formula is C67H131NO5. The van der Waals surface area contributed by atoms with Crippen molar-refractivity contribution < 1.29 is 25.2 Å². The molecule has 0 aromatic rings. The zero-order chi connectivity index (χ0) is 53.0. The van der Waals surface area contributed by atoms with Crippen molar-refractivity contribution in [3.8, 4) is 0 Å². The molecule has 6 heteroatoms. The van der Waals surface area contributed by atoms with Crippen molar-refractivity contribution in [3.63, 3.8) is 0 Å². The van der Waals surface area contributed by atoms with Crippen molar-refractivity contribution in [1.82, 2.24) is 5.32 Å². The molecule has 6 nitrogen and oxygen atoms in total. The van der Waals surface area contributed by atoms with Gasteiger partial charge in [-0.25, -0.2) is 0 Å². The van der Waals surface area contributed by atoms with Gasteiger partial charge in [-0.15, -0.1) is 0 Å². The molecule has 0 fully saturated rings. The van der Waals surface area contributed by atoms with Gasteiger partial charge in [0.1, 0.15) is 12.2 Å². The Balaban J connectivity index is 3.54. The lowest BCUT2D eigenvalue weighted by Gasteiger charge is -2.27. The zero-order valence-corrected chi connectivity index (χ0v) is 49.4. The summed E-state index contributed by atoms with van der Waals surface area (Å²) in [5.74, 6) is -0.590. The lowest BCUT2D eigenvalue weighted by molar-refractivity contribution is -0.132. The van der Waals surface area contributed by atoms with Crippen molar-refractivity contribution in [2.75, 3.05) is 6.61 Å². The highest BCUT2D eigenvalue weighted by Gasteiger charge is 2.28. The number of allylic oxidation sites excluding steroid dienone is 4. The molecule has 0 aromatic carbocycles. The number of unbranched alkanes of at least 4 members (excludes halogenated alkanes) is 49. The lowest BCUT2D eigenvalue weighted by atomic mass is 10.00. The van der Waals surface area contributed by atoms with E-state index in [2.05, 4.69) is 43.5 Å². The molecule has 0 saturated carbocycles. The van der Waals surface area contributed by atoms with Crippen LogP contribution in [0.2, 0.25) is 0 Å². The first kappa shape index (κ1) is 71.8. The van der Waals surface area contributed by atoms with E-state index in [1.54, 1.807) is 0 Å². The van der Waals surface area contributed by atoms with Gasteiger partial charge in [0.05, 0.1) is 18.8 Å². The van der Waals surface area contributed by atoms with Crippen molar-refractivity contribution in [2.45, 2.75) is 391 Å². The maximum absolute atomic E-state index is 12.6. The highest BCUT2D eigenvalue weighted by atomic mass is 16.3. The zero-order valence-electron chi connectivity index (χ0n) is 49.4. The monoisotopic (exact) mass is 1030 g/mol. The minimum absolute atomic E-state index is 0.365. The summed E-state index contributed by atoms with van der Waals surface area (Å²) in [7, 11) is 0. The molecule has 434 valence electrons. The Kier molecular flexibility index (Phi) is 60.6. The van der Waals surface area contributed by atoms with Gasteiger partial charge in [-0.3, -0.25) is 4.79 Å². The molecule has 4 atom stereocenters. The summed E-state index contributed by atoms with van der Waals surface area (Å²) in [5, 5.41) is 44.1. The number of hydrogen-bond donors (Lipinski definition) is 5. The van der Waals surface area contributed by atoms with Gasteiger partial charge in [0, 0.05) is 0 Å². The van der Waals surface area contributed by atoms with Crippen LogP contribution in [0.1, 0.15) is 367 Å². The molecule has 0 spiro atoms. The third-order valence-corrected chi connectivity index (χ3v) is 15.9. The number of carbonyl (C=O) groups is 1. The summed E-state index contributed by atoms with van der Waals surface area (Å²) in [6.07, 6.45) is 77.3. The highest BCUT2D eigenvalue weighted by molar-refractivity contribution is 5.80. The van der Waals surface area contributed by atoms with Gasteiger partial charge in [-0.1, -0.05) is 340 Å². The molecular weight excluding hydrogens is 899 g/mol. The van der Waals surface area contributed by atoms with E-state index >= 15 is 0 Å². The number of amides is 1. The molecule has 0 bridgehead atoms. The smallest absolute Gasteiger partial charge is 0.249 e. The minimum Gasteiger partial charge on any atom is -0.394 e. The second-order valence-corrected chi connectivity index (χ2v) is 23.2. The topological polar surface area (TPSA) is 110 Å². The molecule has 0 aliphatic heterocycles. The fraction of sp³-hybridized carbons (Fsp3) is 0.925. The number of hydrogen-bond acceptors (Lipinski definition) is 5. The lowest BCUT2D eigenvalue weighted by Crippen LogP contribution is -2.53. The van der Waals surface area contributed by atoms with E-state index in [4.69, 9.17) is 0 Å². The fourth-order valence-electron chi connectivity index (χ4n) is 10.7. The van der Waals surface area contributed by atoms with E-state index in [9.17, 15) is 25.2 Å². The van der Waals surface area contributed by atoms with E-state index in [0.29, 0.717) is 19.3 Å². The first-order valence-corrected chi connectivity index (χ1v) is 33.2. The van der Waals surface area contributed by atoms with Crippen LogP contribution < -0.4 is 5.32 Å². The summed E-state index contributed by atoms with van der Waals surface area (Å²) in [5.41, 5.74) is 0. The van der Waals surface area contributed by atoms with E-state index in [0.717, 1.165) is 38.5 Å². The van der Waals surface area contributed by atoms with Crippen LogP contribution in [-0.2, 0) is 4.79 Å². The Labute approximate surface area is 456 Å². The summed E-state index contributed by atoms with van der Waals surface area (Å²) in [6, 6.07) is -1.01. The van der Waals surface area contributed by atoms with Gasteiger partial charge in [-0.2, -0.15) is 0 Å². The standard InChI is InChI=1S/C67H131NO5/c1-3-5-7-9-11-13-15-17-19-21-23-25-26-27-28-29-30-31-32-33-34-35-36-37-38-39-41-43-45-47-49-51-53-55-57-59-61-65(71)67(73)68-63(62-69)66(72)64(70)60-58-56-54-52-50-48-46-44-42-40-24-22-20-18-16-14-12-10-8-6-4-2/h44,46,52,54,63-66,69-72H,3-43,45,47-51,53,55-62H2,1-2H3,(H,68,73)/b46-44+,54-52+. The number of rotatable bonds is 62. The number of carbonyl (C=O) groups excluding carboxylic acids is 1. The Morgan fingerprint density at radius 1 is 0.329 bits per heavy atom. The molecule has 1 amide bonds. The summed E-state index contributed by atoms with van der Waals surface area (Å²) in [4.78, 5) is 12.6. The second-order valence-electron chi connectivity index (χ2n) is 23.2. The average Bonchev–Trinajstić information content (AvgIpc) is 3.40. The van der Waals surface area contributed by atoms with Crippen molar-refractivity contribution in [3.05, 3.63) is 24.3 Å².